The van der Waals surface area contributed by atoms with E-state index in [0.717, 1.165) is 0 Å². The summed E-state index contributed by atoms with van der Waals surface area (Å²) in [5.74, 6) is 0.378. The van der Waals surface area contributed by atoms with Crippen molar-refractivity contribution < 1.29 is 14.3 Å². The van der Waals surface area contributed by atoms with Crippen molar-refractivity contribution >= 4 is 29.9 Å². The number of amides is 2. The average molecular weight is 344 g/mol. The van der Waals surface area contributed by atoms with Gasteiger partial charge in [-0.3, -0.25) is 9.59 Å². The molecule has 0 radical (unpaired) electrons. The van der Waals surface area contributed by atoms with E-state index in [4.69, 9.17) is 10.5 Å². The van der Waals surface area contributed by atoms with Gasteiger partial charge in [0.05, 0.1) is 13.7 Å². The van der Waals surface area contributed by atoms with Crippen molar-refractivity contribution in [2.24, 2.45) is 5.73 Å². The molecule has 2 amide bonds. The minimum Gasteiger partial charge on any atom is -0.497 e. The lowest BCUT2D eigenvalue weighted by molar-refractivity contribution is -0.134. The van der Waals surface area contributed by atoms with Crippen LogP contribution < -0.4 is 15.8 Å². The zero-order valence-electron chi connectivity index (χ0n) is 13.9. The second kappa shape index (κ2) is 10.9. The SMILES string of the molecule is CCN(CC(=O)Nc1cccc(OC)c1)C(=O)CCC(C)N.Cl. The molecule has 0 aliphatic heterocycles. The second-order valence-corrected chi connectivity index (χ2v) is 5.20. The number of likely N-dealkylation sites (N-methyl/N-ethyl adjacent to an activating group) is 1. The molecule has 0 spiro atoms. The summed E-state index contributed by atoms with van der Waals surface area (Å²) in [6, 6.07) is 7.07. The van der Waals surface area contributed by atoms with E-state index in [1.165, 1.54) is 4.90 Å². The number of carbonyl (C=O) groups excluding carboxylic acids is 2. The summed E-state index contributed by atoms with van der Waals surface area (Å²) in [7, 11) is 1.57. The fourth-order valence-corrected chi connectivity index (χ4v) is 1.96. The van der Waals surface area contributed by atoms with Gasteiger partial charge in [0.25, 0.3) is 0 Å². The standard InChI is InChI=1S/C16H25N3O3.ClH/c1-4-19(16(21)9-8-12(2)17)11-15(20)18-13-6-5-7-14(10-13)22-3;/h5-7,10,12H,4,8-9,11,17H2,1-3H3,(H,18,20);1H. The van der Waals surface area contributed by atoms with Crippen LogP contribution in [0.1, 0.15) is 26.7 Å². The van der Waals surface area contributed by atoms with Crippen LogP contribution in [0.15, 0.2) is 24.3 Å². The van der Waals surface area contributed by atoms with Gasteiger partial charge >= 0.3 is 0 Å². The molecule has 1 aromatic rings. The van der Waals surface area contributed by atoms with E-state index in [1.54, 1.807) is 31.4 Å². The van der Waals surface area contributed by atoms with Crippen LogP contribution in [0.4, 0.5) is 5.69 Å². The maximum Gasteiger partial charge on any atom is 0.243 e. The Kier molecular flexibility index (Phi) is 10.0. The zero-order valence-corrected chi connectivity index (χ0v) is 14.7. The molecule has 23 heavy (non-hydrogen) atoms. The number of hydrogen-bond acceptors (Lipinski definition) is 4. The number of halogens is 1. The summed E-state index contributed by atoms with van der Waals surface area (Å²) < 4.78 is 5.10. The second-order valence-electron chi connectivity index (χ2n) is 5.20. The topological polar surface area (TPSA) is 84.7 Å². The number of anilines is 1. The number of benzene rings is 1. The van der Waals surface area contributed by atoms with Gasteiger partial charge in [0.1, 0.15) is 5.75 Å². The Morgan fingerprint density at radius 3 is 2.65 bits per heavy atom. The quantitative estimate of drug-likeness (QED) is 0.756. The largest absolute Gasteiger partial charge is 0.497 e. The first kappa shape index (κ1) is 21.2. The molecule has 1 atom stereocenters. The molecular formula is C16H26ClN3O3. The maximum absolute atomic E-state index is 12.1. The van der Waals surface area contributed by atoms with Crippen molar-refractivity contribution in [3.05, 3.63) is 24.3 Å². The molecule has 0 saturated heterocycles. The van der Waals surface area contributed by atoms with Crippen LogP contribution >= 0.6 is 12.4 Å². The first-order valence-corrected chi connectivity index (χ1v) is 7.43. The highest BCUT2D eigenvalue weighted by Gasteiger charge is 2.16. The first-order valence-electron chi connectivity index (χ1n) is 7.43. The molecular weight excluding hydrogens is 318 g/mol. The fraction of sp³-hybridized carbons (Fsp3) is 0.500. The molecule has 1 aromatic carbocycles. The molecule has 3 N–H and O–H groups in total. The number of carbonyl (C=O) groups is 2. The van der Waals surface area contributed by atoms with E-state index >= 15 is 0 Å². The summed E-state index contributed by atoms with van der Waals surface area (Å²) in [5, 5.41) is 2.76. The van der Waals surface area contributed by atoms with Gasteiger partial charge < -0.3 is 20.7 Å². The predicted octanol–water partition coefficient (Wildman–Crippen LogP) is 2.03. The van der Waals surface area contributed by atoms with Crippen LogP contribution in [0.3, 0.4) is 0 Å². The number of rotatable bonds is 8. The number of nitrogens with one attached hydrogen (secondary N) is 1. The summed E-state index contributed by atoms with van der Waals surface area (Å²) in [4.78, 5) is 25.6. The molecule has 1 unspecified atom stereocenters. The Balaban J connectivity index is 0.00000484. The average Bonchev–Trinajstić information content (AvgIpc) is 2.50. The van der Waals surface area contributed by atoms with E-state index in [2.05, 4.69) is 5.32 Å². The van der Waals surface area contributed by atoms with Gasteiger partial charge in [-0.15, -0.1) is 12.4 Å². The lowest BCUT2D eigenvalue weighted by Crippen LogP contribution is -2.38. The summed E-state index contributed by atoms with van der Waals surface area (Å²) in [6.45, 7) is 4.23. The lowest BCUT2D eigenvalue weighted by atomic mass is 10.2. The Hall–Kier alpha value is -1.79. The third-order valence-corrected chi connectivity index (χ3v) is 3.24. The van der Waals surface area contributed by atoms with E-state index in [-0.39, 0.29) is 36.8 Å². The van der Waals surface area contributed by atoms with Gasteiger partial charge in [-0.25, -0.2) is 0 Å². The highest BCUT2D eigenvalue weighted by atomic mass is 35.5. The normalized spacial score (nSPS) is 11.1. The summed E-state index contributed by atoms with van der Waals surface area (Å²) >= 11 is 0. The van der Waals surface area contributed by atoms with Crippen LogP contribution in [0.2, 0.25) is 0 Å². The van der Waals surface area contributed by atoms with Crippen molar-refractivity contribution in [2.45, 2.75) is 32.7 Å². The van der Waals surface area contributed by atoms with E-state index in [1.807, 2.05) is 13.8 Å². The minimum atomic E-state index is -0.232. The van der Waals surface area contributed by atoms with Crippen molar-refractivity contribution in [3.63, 3.8) is 0 Å². The van der Waals surface area contributed by atoms with Crippen LogP contribution in [0.25, 0.3) is 0 Å². The number of nitrogens with two attached hydrogens (primary N) is 1. The summed E-state index contributed by atoms with van der Waals surface area (Å²) in [5.41, 5.74) is 6.29. The predicted molar refractivity (Wildman–Crippen MR) is 94.0 cm³/mol. The zero-order chi connectivity index (χ0) is 16.5. The monoisotopic (exact) mass is 343 g/mol. The lowest BCUT2D eigenvalue weighted by Gasteiger charge is -2.21. The van der Waals surface area contributed by atoms with Crippen molar-refractivity contribution in [1.29, 1.82) is 0 Å². The van der Waals surface area contributed by atoms with Gasteiger partial charge in [0, 0.05) is 30.8 Å². The van der Waals surface area contributed by atoms with E-state index in [9.17, 15) is 9.59 Å². The van der Waals surface area contributed by atoms with Crippen LogP contribution in [-0.4, -0.2) is 43.0 Å². The minimum absolute atomic E-state index is 0. The molecule has 0 aromatic heterocycles. The fourth-order valence-electron chi connectivity index (χ4n) is 1.96. The van der Waals surface area contributed by atoms with Gasteiger partial charge in [-0.1, -0.05) is 6.07 Å². The maximum atomic E-state index is 12.1. The van der Waals surface area contributed by atoms with Crippen LogP contribution in [0.5, 0.6) is 5.75 Å². The van der Waals surface area contributed by atoms with Crippen LogP contribution in [0, 0.1) is 0 Å². The number of hydrogen-bond donors (Lipinski definition) is 2. The Bertz CT molecular complexity index is 509. The summed E-state index contributed by atoms with van der Waals surface area (Å²) in [6.07, 6.45) is 0.977. The molecule has 7 heteroatoms. The molecule has 0 aliphatic carbocycles. The van der Waals surface area contributed by atoms with Crippen molar-refractivity contribution in [3.8, 4) is 5.75 Å². The molecule has 1 rings (SSSR count). The first-order chi connectivity index (χ1) is 10.5. The highest BCUT2D eigenvalue weighted by molar-refractivity contribution is 5.94. The number of methoxy groups -OCH3 is 1. The molecule has 6 nitrogen and oxygen atoms in total. The molecule has 0 bridgehead atoms. The van der Waals surface area contributed by atoms with Crippen molar-refractivity contribution in [2.75, 3.05) is 25.5 Å². The van der Waals surface area contributed by atoms with Crippen molar-refractivity contribution in [1.82, 2.24) is 4.90 Å². The van der Waals surface area contributed by atoms with Gasteiger partial charge in [0.15, 0.2) is 0 Å². The molecule has 0 aliphatic rings. The molecule has 130 valence electrons. The third-order valence-electron chi connectivity index (χ3n) is 3.24. The van der Waals surface area contributed by atoms with Gasteiger partial charge in [-0.2, -0.15) is 0 Å². The van der Waals surface area contributed by atoms with Crippen LogP contribution in [-0.2, 0) is 9.59 Å². The Morgan fingerprint density at radius 1 is 1.39 bits per heavy atom. The molecule has 0 saturated carbocycles. The highest BCUT2D eigenvalue weighted by Crippen LogP contribution is 2.16. The van der Waals surface area contributed by atoms with E-state index < -0.39 is 0 Å². The number of nitrogens with zero attached hydrogens (tertiary/aromatic N) is 1. The molecule has 0 heterocycles. The smallest absolute Gasteiger partial charge is 0.243 e. The van der Waals surface area contributed by atoms with Gasteiger partial charge in [-0.05, 0) is 32.4 Å². The Labute approximate surface area is 143 Å². The van der Waals surface area contributed by atoms with E-state index in [0.29, 0.717) is 30.8 Å². The van der Waals surface area contributed by atoms with Gasteiger partial charge in [0.2, 0.25) is 11.8 Å². The number of ether oxygens (including phenoxy) is 1. The Morgan fingerprint density at radius 2 is 2.09 bits per heavy atom. The third kappa shape index (κ3) is 7.85. The molecule has 0 fully saturated rings.